The van der Waals surface area contributed by atoms with Crippen molar-refractivity contribution in [2.45, 2.75) is 77.5 Å². The highest BCUT2D eigenvalue weighted by molar-refractivity contribution is 5.89. The highest BCUT2D eigenvalue weighted by Gasteiger charge is 2.34. The summed E-state index contributed by atoms with van der Waals surface area (Å²) in [5, 5.41) is 9.42. The summed E-state index contributed by atoms with van der Waals surface area (Å²) in [6.45, 7) is 7.28. The van der Waals surface area contributed by atoms with Gasteiger partial charge in [0, 0.05) is 23.5 Å². The van der Waals surface area contributed by atoms with Gasteiger partial charge in [-0.3, -0.25) is 9.59 Å². The molecule has 0 aromatic carbocycles. The summed E-state index contributed by atoms with van der Waals surface area (Å²) >= 11 is 0. The maximum absolute atomic E-state index is 12.2. The first-order chi connectivity index (χ1) is 9.25. The normalized spacial score (nSPS) is 30.7. The van der Waals surface area contributed by atoms with Gasteiger partial charge in [-0.2, -0.15) is 0 Å². The Morgan fingerprint density at radius 2 is 1.70 bits per heavy atom. The molecule has 3 unspecified atom stereocenters. The molecule has 5 heteroatoms. The maximum atomic E-state index is 12.2. The summed E-state index contributed by atoms with van der Waals surface area (Å²) in [4.78, 5) is 24.0. The fourth-order valence-corrected chi connectivity index (χ4v) is 2.98. The lowest BCUT2D eigenvalue weighted by atomic mass is 9.95. The maximum Gasteiger partial charge on any atom is 0.242 e. The Hall–Kier alpha value is -1.10. The summed E-state index contributed by atoms with van der Waals surface area (Å²) in [5.74, 6) is -0.167. The first-order valence-corrected chi connectivity index (χ1v) is 7.63. The number of piperidine rings is 1. The van der Waals surface area contributed by atoms with Crippen molar-refractivity contribution in [2.75, 3.05) is 0 Å². The Bertz CT molecular complexity index is 377. The molecule has 2 aliphatic rings. The lowest BCUT2D eigenvalue weighted by molar-refractivity contribution is -0.133. The molecule has 0 saturated carbocycles. The second-order valence-corrected chi connectivity index (χ2v) is 7.26. The van der Waals surface area contributed by atoms with Gasteiger partial charge in [-0.15, -0.1) is 0 Å². The van der Waals surface area contributed by atoms with Crippen LogP contribution in [0.15, 0.2) is 0 Å². The quantitative estimate of drug-likeness (QED) is 0.721. The van der Waals surface area contributed by atoms with Crippen molar-refractivity contribution in [3.8, 4) is 0 Å². The minimum absolute atomic E-state index is 0.0751. The molecular formula is C15H27N3O2. The Morgan fingerprint density at radius 1 is 1.15 bits per heavy atom. The zero-order valence-electron chi connectivity index (χ0n) is 13.0. The number of rotatable bonds is 3. The van der Waals surface area contributed by atoms with Crippen LogP contribution < -0.4 is 16.0 Å². The zero-order chi connectivity index (χ0) is 14.9. The number of nitrogens with one attached hydrogen (secondary N) is 3. The van der Waals surface area contributed by atoms with Crippen molar-refractivity contribution in [3.05, 3.63) is 0 Å². The molecule has 5 nitrogen and oxygen atoms in total. The number of fused-ring (bicyclic) bond motifs is 2. The van der Waals surface area contributed by atoms with Crippen LogP contribution in [0.3, 0.4) is 0 Å². The number of amides is 2. The SMILES string of the molecule is CC(NC(=O)C(C)(C)C)C(=O)NC1CC2CCC(C1)N2. The monoisotopic (exact) mass is 281 g/mol. The van der Waals surface area contributed by atoms with E-state index in [0.29, 0.717) is 12.1 Å². The molecule has 0 aromatic rings. The van der Waals surface area contributed by atoms with Gasteiger partial charge in [0.15, 0.2) is 0 Å². The second kappa shape index (κ2) is 5.72. The summed E-state index contributed by atoms with van der Waals surface area (Å²) in [5.41, 5.74) is -0.470. The standard InChI is InChI=1S/C15H27N3O2/c1-9(16-14(20)15(2,3)4)13(19)18-12-7-10-5-6-11(8-12)17-10/h9-12,17H,5-8H2,1-4H3,(H,16,20)(H,18,19). The van der Waals surface area contributed by atoms with E-state index in [2.05, 4.69) is 16.0 Å². The summed E-state index contributed by atoms with van der Waals surface area (Å²) in [6, 6.07) is 0.876. The smallest absolute Gasteiger partial charge is 0.242 e. The van der Waals surface area contributed by atoms with Crippen molar-refractivity contribution in [1.29, 1.82) is 0 Å². The van der Waals surface area contributed by atoms with Crippen LogP contribution in [0.5, 0.6) is 0 Å². The molecule has 2 saturated heterocycles. The van der Waals surface area contributed by atoms with Crippen LogP contribution in [0.1, 0.15) is 53.4 Å². The molecule has 114 valence electrons. The summed E-state index contributed by atoms with van der Waals surface area (Å²) in [6.07, 6.45) is 4.44. The second-order valence-electron chi connectivity index (χ2n) is 7.26. The van der Waals surface area contributed by atoms with Crippen LogP contribution in [-0.4, -0.2) is 36.0 Å². The molecule has 2 aliphatic heterocycles. The van der Waals surface area contributed by atoms with Gasteiger partial charge in [0.25, 0.3) is 0 Å². The van der Waals surface area contributed by atoms with E-state index in [4.69, 9.17) is 0 Å². The topological polar surface area (TPSA) is 70.2 Å². The molecule has 0 aromatic heterocycles. The molecule has 0 spiro atoms. The number of hydrogen-bond acceptors (Lipinski definition) is 3. The minimum Gasteiger partial charge on any atom is -0.351 e. The molecule has 2 fully saturated rings. The molecule has 2 rings (SSSR count). The van der Waals surface area contributed by atoms with Crippen molar-refractivity contribution in [3.63, 3.8) is 0 Å². The van der Waals surface area contributed by atoms with Crippen LogP contribution in [0, 0.1) is 5.41 Å². The van der Waals surface area contributed by atoms with Crippen LogP contribution >= 0.6 is 0 Å². The minimum atomic E-state index is -0.478. The Balaban J connectivity index is 1.81. The van der Waals surface area contributed by atoms with E-state index in [1.165, 1.54) is 12.8 Å². The van der Waals surface area contributed by atoms with E-state index in [-0.39, 0.29) is 17.9 Å². The van der Waals surface area contributed by atoms with E-state index in [1.807, 2.05) is 20.8 Å². The molecule has 2 amide bonds. The predicted molar refractivity (Wildman–Crippen MR) is 78.2 cm³/mol. The average Bonchev–Trinajstić information content (AvgIpc) is 2.67. The van der Waals surface area contributed by atoms with Crippen LogP contribution in [0.2, 0.25) is 0 Å². The van der Waals surface area contributed by atoms with Gasteiger partial charge in [-0.05, 0) is 32.6 Å². The van der Waals surface area contributed by atoms with Crippen LogP contribution in [0.4, 0.5) is 0 Å². The van der Waals surface area contributed by atoms with E-state index >= 15 is 0 Å². The van der Waals surface area contributed by atoms with Crippen molar-refractivity contribution in [2.24, 2.45) is 5.41 Å². The molecule has 0 radical (unpaired) electrons. The lowest BCUT2D eigenvalue weighted by Gasteiger charge is -2.31. The van der Waals surface area contributed by atoms with Gasteiger partial charge in [0.2, 0.25) is 11.8 Å². The molecule has 0 aliphatic carbocycles. The van der Waals surface area contributed by atoms with E-state index in [0.717, 1.165) is 12.8 Å². The lowest BCUT2D eigenvalue weighted by Crippen LogP contribution is -2.53. The molecule has 3 N–H and O–H groups in total. The zero-order valence-corrected chi connectivity index (χ0v) is 13.0. The largest absolute Gasteiger partial charge is 0.351 e. The van der Waals surface area contributed by atoms with Crippen molar-refractivity contribution in [1.82, 2.24) is 16.0 Å². The Labute approximate surface area is 121 Å². The van der Waals surface area contributed by atoms with Gasteiger partial charge in [-0.1, -0.05) is 20.8 Å². The van der Waals surface area contributed by atoms with E-state index < -0.39 is 11.5 Å². The van der Waals surface area contributed by atoms with Crippen molar-refractivity contribution >= 4 is 11.8 Å². The number of carbonyl (C=O) groups is 2. The number of hydrogen-bond donors (Lipinski definition) is 3. The highest BCUT2D eigenvalue weighted by Crippen LogP contribution is 2.26. The Kier molecular flexibility index (Phi) is 4.37. The fourth-order valence-electron chi connectivity index (χ4n) is 2.98. The summed E-state index contributed by atoms with van der Waals surface area (Å²) < 4.78 is 0. The highest BCUT2D eigenvalue weighted by atomic mass is 16.2. The van der Waals surface area contributed by atoms with Crippen LogP contribution in [0.25, 0.3) is 0 Å². The van der Waals surface area contributed by atoms with Gasteiger partial charge >= 0.3 is 0 Å². The third-order valence-corrected chi connectivity index (χ3v) is 4.24. The van der Waals surface area contributed by atoms with Crippen LogP contribution in [-0.2, 0) is 9.59 Å². The van der Waals surface area contributed by atoms with E-state index in [9.17, 15) is 9.59 Å². The first-order valence-electron chi connectivity index (χ1n) is 7.63. The third kappa shape index (κ3) is 3.72. The average molecular weight is 281 g/mol. The third-order valence-electron chi connectivity index (χ3n) is 4.24. The van der Waals surface area contributed by atoms with Gasteiger partial charge in [0.1, 0.15) is 6.04 Å². The van der Waals surface area contributed by atoms with Crippen molar-refractivity contribution < 1.29 is 9.59 Å². The van der Waals surface area contributed by atoms with Gasteiger partial charge in [-0.25, -0.2) is 0 Å². The molecule has 2 bridgehead atoms. The molecular weight excluding hydrogens is 254 g/mol. The first kappa shape index (κ1) is 15.3. The fraction of sp³-hybridized carbons (Fsp3) is 0.867. The van der Waals surface area contributed by atoms with E-state index in [1.54, 1.807) is 6.92 Å². The summed E-state index contributed by atoms with van der Waals surface area (Å²) in [7, 11) is 0. The molecule has 3 atom stereocenters. The molecule has 2 heterocycles. The predicted octanol–water partition coefficient (Wildman–Crippen LogP) is 0.936. The van der Waals surface area contributed by atoms with Gasteiger partial charge in [0.05, 0.1) is 0 Å². The molecule has 20 heavy (non-hydrogen) atoms. The Morgan fingerprint density at radius 3 is 2.20 bits per heavy atom. The van der Waals surface area contributed by atoms with Gasteiger partial charge < -0.3 is 16.0 Å². The number of carbonyl (C=O) groups excluding carboxylic acids is 2.